The van der Waals surface area contributed by atoms with E-state index in [0.29, 0.717) is 10.8 Å². The first-order valence-corrected chi connectivity index (χ1v) is 8.91. The smallest absolute Gasteiger partial charge is 0.237 e. The first-order chi connectivity index (χ1) is 12.4. The van der Waals surface area contributed by atoms with Gasteiger partial charge in [0.15, 0.2) is 0 Å². The van der Waals surface area contributed by atoms with E-state index in [1.54, 1.807) is 11.6 Å². The standard InChI is InChI=1S/C18H18FN5OS/c1-11-4-9-16(12(2)10-11)24-18(21-22-23-24)26-13(3)17(25)20-15-7-5-14(19)6-8-15/h4-10,13H,1-3H3,(H,20,25)/t13-/m0/s1. The zero-order chi connectivity index (χ0) is 18.7. The van der Waals surface area contributed by atoms with Crippen molar-refractivity contribution in [2.24, 2.45) is 0 Å². The van der Waals surface area contributed by atoms with Gasteiger partial charge in [0, 0.05) is 5.69 Å². The van der Waals surface area contributed by atoms with Crippen molar-refractivity contribution in [3.05, 3.63) is 59.4 Å². The predicted molar refractivity (Wildman–Crippen MR) is 99.0 cm³/mol. The molecule has 8 heteroatoms. The number of aryl methyl sites for hydroxylation is 2. The molecule has 3 rings (SSSR count). The number of hydrogen-bond donors (Lipinski definition) is 1. The summed E-state index contributed by atoms with van der Waals surface area (Å²) >= 11 is 1.26. The summed E-state index contributed by atoms with van der Waals surface area (Å²) in [4.78, 5) is 12.4. The number of aromatic nitrogens is 4. The number of nitrogens with zero attached hydrogens (tertiary/aromatic N) is 4. The first-order valence-electron chi connectivity index (χ1n) is 8.03. The van der Waals surface area contributed by atoms with Gasteiger partial charge in [-0.05, 0) is 67.1 Å². The zero-order valence-electron chi connectivity index (χ0n) is 14.6. The van der Waals surface area contributed by atoms with E-state index in [1.807, 2.05) is 26.0 Å². The van der Waals surface area contributed by atoms with Crippen LogP contribution in [0.15, 0.2) is 47.6 Å². The van der Waals surface area contributed by atoms with Crippen LogP contribution < -0.4 is 5.32 Å². The molecule has 1 heterocycles. The van der Waals surface area contributed by atoms with Gasteiger partial charge in [-0.25, -0.2) is 4.39 Å². The summed E-state index contributed by atoms with van der Waals surface area (Å²) in [6.45, 7) is 5.78. The molecule has 0 bridgehead atoms. The average molecular weight is 371 g/mol. The predicted octanol–water partition coefficient (Wildman–Crippen LogP) is 3.54. The highest BCUT2D eigenvalue weighted by molar-refractivity contribution is 8.00. The summed E-state index contributed by atoms with van der Waals surface area (Å²) in [5.41, 5.74) is 3.61. The van der Waals surface area contributed by atoms with Gasteiger partial charge in [0.25, 0.3) is 0 Å². The van der Waals surface area contributed by atoms with Crippen LogP contribution in [0.1, 0.15) is 18.1 Å². The summed E-state index contributed by atoms with van der Waals surface area (Å²) in [6, 6.07) is 11.6. The van der Waals surface area contributed by atoms with E-state index in [9.17, 15) is 9.18 Å². The molecule has 134 valence electrons. The van der Waals surface area contributed by atoms with E-state index >= 15 is 0 Å². The molecular weight excluding hydrogens is 353 g/mol. The van der Waals surface area contributed by atoms with E-state index in [-0.39, 0.29) is 11.7 Å². The number of carbonyl (C=O) groups is 1. The minimum absolute atomic E-state index is 0.211. The fourth-order valence-electron chi connectivity index (χ4n) is 2.44. The van der Waals surface area contributed by atoms with E-state index in [0.717, 1.165) is 16.8 Å². The fraction of sp³-hybridized carbons (Fsp3) is 0.222. The molecule has 0 aliphatic rings. The number of rotatable bonds is 5. The normalized spacial score (nSPS) is 12.0. The van der Waals surface area contributed by atoms with Gasteiger partial charge in [-0.3, -0.25) is 4.79 Å². The van der Waals surface area contributed by atoms with Gasteiger partial charge in [-0.1, -0.05) is 29.5 Å². The molecule has 1 aromatic heterocycles. The van der Waals surface area contributed by atoms with Crippen molar-refractivity contribution in [2.75, 3.05) is 5.32 Å². The second kappa shape index (κ2) is 7.65. The van der Waals surface area contributed by atoms with Gasteiger partial charge in [-0.15, -0.1) is 5.10 Å². The molecule has 0 unspecified atom stereocenters. The summed E-state index contributed by atoms with van der Waals surface area (Å²) < 4.78 is 14.6. The first kappa shape index (κ1) is 18.1. The summed E-state index contributed by atoms with van der Waals surface area (Å²) in [5, 5.41) is 14.7. The van der Waals surface area contributed by atoms with Gasteiger partial charge in [0.2, 0.25) is 11.1 Å². The number of halogens is 1. The Hall–Kier alpha value is -2.74. The van der Waals surface area contributed by atoms with E-state index in [4.69, 9.17) is 0 Å². The number of benzene rings is 2. The molecular formula is C18H18FN5OS. The Balaban J connectivity index is 1.74. The van der Waals surface area contributed by atoms with Gasteiger partial charge in [-0.2, -0.15) is 4.68 Å². The molecule has 2 aromatic carbocycles. The Morgan fingerprint density at radius 2 is 1.92 bits per heavy atom. The Morgan fingerprint density at radius 3 is 2.62 bits per heavy atom. The van der Waals surface area contributed by atoms with Crippen molar-refractivity contribution in [3.8, 4) is 5.69 Å². The van der Waals surface area contributed by atoms with Crippen LogP contribution in [0.3, 0.4) is 0 Å². The van der Waals surface area contributed by atoms with Crippen LogP contribution in [0.25, 0.3) is 5.69 Å². The quantitative estimate of drug-likeness (QED) is 0.695. The minimum Gasteiger partial charge on any atom is -0.325 e. The fourth-order valence-corrected chi connectivity index (χ4v) is 3.24. The maximum atomic E-state index is 13.0. The third kappa shape index (κ3) is 4.08. The lowest BCUT2D eigenvalue weighted by atomic mass is 10.1. The van der Waals surface area contributed by atoms with Crippen LogP contribution in [0.5, 0.6) is 0 Å². The second-order valence-electron chi connectivity index (χ2n) is 5.92. The number of tetrazole rings is 1. The zero-order valence-corrected chi connectivity index (χ0v) is 15.4. The number of carbonyl (C=O) groups excluding carboxylic acids is 1. The molecule has 3 aromatic rings. The summed E-state index contributed by atoms with van der Waals surface area (Å²) in [5.74, 6) is -0.560. The molecule has 0 saturated heterocycles. The highest BCUT2D eigenvalue weighted by Gasteiger charge is 2.20. The highest BCUT2D eigenvalue weighted by Crippen LogP contribution is 2.25. The van der Waals surface area contributed by atoms with Crippen molar-refractivity contribution in [1.82, 2.24) is 20.2 Å². The topological polar surface area (TPSA) is 72.7 Å². The van der Waals surface area contributed by atoms with E-state index in [2.05, 4.69) is 26.9 Å². The molecule has 1 amide bonds. The molecule has 26 heavy (non-hydrogen) atoms. The summed E-state index contributed by atoms with van der Waals surface area (Å²) in [6.07, 6.45) is 0. The van der Waals surface area contributed by atoms with Gasteiger partial charge >= 0.3 is 0 Å². The van der Waals surface area contributed by atoms with Crippen molar-refractivity contribution in [1.29, 1.82) is 0 Å². The number of nitrogens with one attached hydrogen (secondary N) is 1. The van der Waals surface area contributed by atoms with Crippen LogP contribution in [0.4, 0.5) is 10.1 Å². The Morgan fingerprint density at radius 1 is 1.19 bits per heavy atom. The maximum absolute atomic E-state index is 13.0. The molecule has 0 saturated carbocycles. The molecule has 1 atom stereocenters. The van der Waals surface area contributed by atoms with E-state index in [1.165, 1.54) is 36.0 Å². The molecule has 0 aliphatic carbocycles. The average Bonchev–Trinajstić information content (AvgIpc) is 3.04. The van der Waals surface area contributed by atoms with Crippen LogP contribution in [-0.2, 0) is 4.79 Å². The lowest BCUT2D eigenvalue weighted by Crippen LogP contribution is -2.23. The van der Waals surface area contributed by atoms with Crippen LogP contribution in [0, 0.1) is 19.7 Å². The van der Waals surface area contributed by atoms with Crippen molar-refractivity contribution >= 4 is 23.4 Å². The van der Waals surface area contributed by atoms with E-state index < -0.39 is 5.25 Å². The Kier molecular flexibility index (Phi) is 5.32. The SMILES string of the molecule is Cc1ccc(-n2nnnc2S[C@@H](C)C(=O)Nc2ccc(F)cc2)c(C)c1. The van der Waals surface area contributed by atoms with Gasteiger partial charge < -0.3 is 5.32 Å². The molecule has 0 aliphatic heterocycles. The number of amides is 1. The summed E-state index contributed by atoms with van der Waals surface area (Å²) in [7, 11) is 0. The Bertz CT molecular complexity index is 926. The minimum atomic E-state index is -0.435. The molecule has 6 nitrogen and oxygen atoms in total. The molecule has 1 N–H and O–H groups in total. The number of thioether (sulfide) groups is 1. The highest BCUT2D eigenvalue weighted by atomic mass is 32.2. The van der Waals surface area contributed by atoms with Crippen molar-refractivity contribution < 1.29 is 9.18 Å². The van der Waals surface area contributed by atoms with Gasteiger partial charge in [0.1, 0.15) is 5.82 Å². The van der Waals surface area contributed by atoms with Gasteiger partial charge in [0.05, 0.1) is 10.9 Å². The molecule has 0 radical (unpaired) electrons. The third-order valence-electron chi connectivity index (χ3n) is 3.78. The van der Waals surface area contributed by atoms with Crippen LogP contribution in [0.2, 0.25) is 0 Å². The monoisotopic (exact) mass is 371 g/mol. The molecule has 0 spiro atoms. The van der Waals surface area contributed by atoms with Crippen molar-refractivity contribution in [3.63, 3.8) is 0 Å². The largest absolute Gasteiger partial charge is 0.325 e. The number of anilines is 1. The van der Waals surface area contributed by atoms with Crippen LogP contribution in [-0.4, -0.2) is 31.4 Å². The second-order valence-corrected chi connectivity index (χ2v) is 7.23. The van der Waals surface area contributed by atoms with Crippen molar-refractivity contribution in [2.45, 2.75) is 31.2 Å². The van der Waals surface area contributed by atoms with Crippen LogP contribution >= 0.6 is 11.8 Å². The Labute approximate surface area is 154 Å². The third-order valence-corrected chi connectivity index (χ3v) is 4.82. The maximum Gasteiger partial charge on any atom is 0.237 e. The number of hydrogen-bond acceptors (Lipinski definition) is 5. The lowest BCUT2D eigenvalue weighted by Gasteiger charge is -2.12. The molecule has 0 fully saturated rings. The lowest BCUT2D eigenvalue weighted by molar-refractivity contribution is -0.115.